The van der Waals surface area contributed by atoms with Crippen LogP contribution in [-0.2, 0) is 4.79 Å². The maximum atomic E-state index is 12.4. The Balaban J connectivity index is 2.88. The third kappa shape index (κ3) is 3.99. The molecule has 0 radical (unpaired) electrons. The molecular weight excluding hydrogens is 280 g/mol. The van der Waals surface area contributed by atoms with Gasteiger partial charge in [-0.3, -0.25) is 4.79 Å². The number of rotatable bonds is 2. The summed E-state index contributed by atoms with van der Waals surface area (Å²) in [7, 11) is 0. The minimum absolute atomic E-state index is 0.155. The second-order valence-electron chi connectivity index (χ2n) is 4.49. The normalized spacial score (nSPS) is 21.9. The molecular formula is C10H13F6NO2. The predicted molar refractivity (Wildman–Crippen MR) is 52.0 cm³/mol. The van der Waals surface area contributed by atoms with Gasteiger partial charge in [-0.05, 0) is 18.8 Å². The van der Waals surface area contributed by atoms with E-state index in [1.165, 1.54) is 0 Å². The zero-order valence-corrected chi connectivity index (χ0v) is 9.76. The Hall–Kier alpha value is -0.990. The highest BCUT2D eigenvalue weighted by atomic mass is 19.4. The van der Waals surface area contributed by atoms with Crippen molar-refractivity contribution < 1.29 is 36.2 Å². The van der Waals surface area contributed by atoms with Crippen LogP contribution in [0.4, 0.5) is 26.3 Å². The Morgan fingerprint density at radius 1 is 1.21 bits per heavy atom. The van der Waals surface area contributed by atoms with Gasteiger partial charge in [0.15, 0.2) is 0 Å². The van der Waals surface area contributed by atoms with Crippen molar-refractivity contribution >= 4 is 5.91 Å². The van der Waals surface area contributed by atoms with Crippen LogP contribution >= 0.6 is 0 Å². The zero-order chi connectivity index (χ0) is 14.8. The number of hydrogen-bond acceptors (Lipinski definition) is 2. The topological polar surface area (TPSA) is 40.5 Å². The molecule has 1 rings (SSSR count). The van der Waals surface area contributed by atoms with Gasteiger partial charge in [0.05, 0.1) is 0 Å². The summed E-state index contributed by atoms with van der Waals surface area (Å²) in [6.07, 6.45) is -10.6. The number of likely N-dealkylation sites (tertiary alicyclic amines) is 1. The van der Waals surface area contributed by atoms with Crippen molar-refractivity contribution in [3.8, 4) is 0 Å². The fourth-order valence-corrected chi connectivity index (χ4v) is 2.06. The van der Waals surface area contributed by atoms with Gasteiger partial charge in [-0.2, -0.15) is 26.3 Å². The first-order chi connectivity index (χ1) is 8.57. The highest BCUT2D eigenvalue weighted by Gasteiger charge is 2.62. The van der Waals surface area contributed by atoms with Gasteiger partial charge in [0.1, 0.15) is 0 Å². The third-order valence-electron chi connectivity index (χ3n) is 2.99. The fourth-order valence-electron chi connectivity index (χ4n) is 2.06. The van der Waals surface area contributed by atoms with Crippen LogP contribution in [0.3, 0.4) is 0 Å². The number of halogens is 6. The molecule has 0 aromatic carbocycles. The second kappa shape index (κ2) is 5.56. The van der Waals surface area contributed by atoms with Crippen molar-refractivity contribution in [2.24, 2.45) is 11.8 Å². The molecule has 0 aromatic rings. The van der Waals surface area contributed by atoms with Crippen molar-refractivity contribution in [2.45, 2.75) is 25.2 Å². The van der Waals surface area contributed by atoms with Crippen LogP contribution in [0.2, 0.25) is 0 Å². The molecule has 1 aliphatic rings. The van der Waals surface area contributed by atoms with Crippen LogP contribution in [-0.4, -0.2) is 48.0 Å². The number of alkyl halides is 6. The van der Waals surface area contributed by atoms with Crippen molar-refractivity contribution in [1.29, 1.82) is 0 Å². The standard InChI is InChI=1S/C10H13F6NO2/c11-9(12,13)7(10(14,15)16)8(19)17-3-1-2-6(4-17)5-18/h6-7,18H,1-5H2. The summed E-state index contributed by atoms with van der Waals surface area (Å²) in [4.78, 5) is 12.0. The smallest absolute Gasteiger partial charge is 0.396 e. The van der Waals surface area contributed by atoms with E-state index in [2.05, 4.69) is 0 Å². The number of nitrogens with zero attached hydrogens (tertiary/aromatic N) is 1. The Labute approximate surface area is 105 Å². The van der Waals surface area contributed by atoms with Crippen molar-refractivity contribution in [2.75, 3.05) is 19.7 Å². The molecule has 1 fully saturated rings. The minimum Gasteiger partial charge on any atom is -0.396 e. The van der Waals surface area contributed by atoms with E-state index in [1.54, 1.807) is 0 Å². The number of piperidine rings is 1. The molecule has 1 saturated heterocycles. The molecule has 1 unspecified atom stereocenters. The summed E-state index contributed by atoms with van der Waals surface area (Å²) in [5.74, 6) is -6.45. The molecule has 1 amide bonds. The SMILES string of the molecule is O=C(C(C(F)(F)F)C(F)(F)F)N1CCCC(CO)C1. The average molecular weight is 293 g/mol. The van der Waals surface area contributed by atoms with Gasteiger partial charge in [0.2, 0.25) is 11.8 Å². The summed E-state index contributed by atoms with van der Waals surface area (Å²) in [5, 5.41) is 8.87. The number of hydrogen-bond donors (Lipinski definition) is 1. The van der Waals surface area contributed by atoms with E-state index < -0.39 is 30.1 Å². The Morgan fingerprint density at radius 3 is 2.16 bits per heavy atom. The minimum atomic E-state index is -5.67. The van der Waals surface area contributed by atoms with Gasteiger partial charge < -0.3 is 10.0 Å². The summed E-state index contributed by atoms with van der Waals surface area (Å²) in [6.45, 7) is -0.803. The highest BCUT2D eigenvalue weighted by molar-refractivity contribution is 5.80. The lowest BCUT2D eigenvalue weighted by molar-refractivity contribution is -0.278. The first-order valence-corrected chi connectivity index (χ1v) is 5.60. The van der Waals surface area contributed by atoms with E-state index in [9.17, 15) is 31.1 Å². The molecule has 3 nitrogen and oxygen atoms in total. The van der Waals surface area contributed by atoms with E-state index in [0.29, 0.717) is 11.3 Å². The Bertz CT molecular complexity index is 313. The number of carbonyl (C=O) groups is 1. The highest BCUT2D eigenvalue weighted by Crippen LogP contribution is 2.40. The molecule has 112 valence electrons. The first-order valence-electron chi connectivity index (χ1n) is 5.60. The Kier molecular flexibility index (Phi) is 4.70. The molecule has 0 aliphatic carbocycles. The molecule has 1 heterocycles. The molecule has 19 heavy (non-hydrogen) atoms. The molecule has 1 atom stereocenters. The molecule has 0 bridgehead atoms. The van der Waals surface area contributed by atoms with Crippen LogP contribution in [0.25, 0.3) is 0 Å². The van der Waals surface area contributed by atoms with Gasteiger partial charge in [0, 0.05) is 19.7 Å². The molecule has 1 N–H and O–H groups in total. The van der Waals surface area contributed by atoms with Gasteiger partial charge in [-0.15, -0.1) is 0 Å². The van der Waals surface area contributed by atoms with Crippen molar-refractivity contribution in [3.63, 3.8) is 0 Å². The summed E-state index contributed by atoms with van der Waals surface area (Å²) < 4.78 is 74.3. The quantitative estimate of drug-likeness (QED) is 0.791. The molecule has 0 saturated carbocycles. The lowest BCUT2D eigenvalue weighted by atomic mass is 9.97. The fraction of sp³-hybridized carbons (Fsp3) is 0.900. The second-order valence-corrected chi connectivity index (χ2v) is 4.49. The number of carbonyl (C=O) groups excluding carboxylic acids is 1. The van der Waals surface area contributed by atoms with E-state index in [-0.39, 0.29) is 26.1 Å². The van der Waals surface area contributed by atoms with Crippen molar-refractivity contribution in [1.82, 2.24) is 4.90 Å². The summed E-state index contributed by atoms with van der Waals surface area (Å²) in [6, 6.07) is 0. The summed E-state index contributed by atoms with van der Waals surface area (Å²) >= 11 is 0. The molecule has 9 heteroatoms. The zero-order valence-electron chi connectivity index (χ0n) is 9.76. The summed E-state index contributed by atoms with van der Waals surface area (Å²) in [5.41, 5.74) is 0. The van der Waals surface area contributed by atoms with Crippen LogP contribution in [0, 0.1) is 11.8 Å². The lowest BCUT2D eigenvalue weighted by Crippen LogP contribution is -2.52. The maximum absolute atomic E-state index is 12.4. The van der Waals surface area contributed by atoms with E-state index in [4.69, 9.17) is 5.11 Å². The van der Waals surface area contributed by atoms with Crippen LogP contribution < -0.4 is 0 Å². The third-order valence-corrected chi connectivity index (χ3v) is 2.99. The van der Waals surface area contributed by atoms with Crippen LogP contribution in [0.5, 0.6) is 0 Å². The van der Waals surface area contributed by atoms with Gasteiger partial charge >= 0.3 is 12.4 Å². The first kappa shape index (κ1) is 16.1. The molecule has 1 aliphatic heterocycles. The number of aliphatic hydroxyl groups is 1. The van der Waals surface area contributed by atoms with E-state index in [0.717, 1.165) is 0 Å². The van der Waals surface area contributed by atoms with Gasteiger partial charge in [-0.1, -0.05) is 0 Å². The van der Waals surface area contributed by atoms with E-state index >= 15 is 0 Å². The number of aliphatic hydroxyl groups excluding tert-OH is 1. The monoisotopic (exact) mass is 293 g/mol. The Morgan fingerprint density at radius 2 is 1.74 bits per heavy atom. The predicted octanol–water partition coefficient (Wildman–Crippen LogP) is 1.96. The largest absolute Gasteiger partial charge is 0.409 e. The van der Waals surface area contributed by atoms with Gasteiger partial charge in [-0.25, -0.2) is 0 Å². The van der Waals surface area contributed by atoms with Crippen LogP contribution in [0.15, 0.2) is 0 Å². The average Bonchev–Trinajstić information content (AvgIpc) is 2.25. The van der Waals surface area contributed by atoms with Crippen LogP contribution in [0.1, 0.15) is 12.8 Å². The van der Waals surface area contributed by atoms with E-state index in [1.807, 2.05) is 0 Å². The lowest BCUT2D eigenvalue weighted by Gasteiger charge is -2.35. The molecule has 0 aromatic heterocycles. The van der Waals surface area contributed by atoms with Gasteiger partial charge in [0.25, 0.3) is 0 Å². The number of amides is 1. The van der Waals surface area contributed by atoms with Crippen molar-refractivity contribution in [3.05, 3.63) is 0 Å². The maximum Gasteiger partial charge on any atom is 0.409 e. The molecule has 0 spiro atoms.